The summed E-state index contributed by atoms with van der Waals surface area (Å²) >= 11 is 0. The number of aromatic nitrogens is 1. The maximum Gasteiger partial charge on any atom is 0.246 e. The van der Waals surface area contributed by atoms with Gasteiger partial charge in [-0.05, 0) is 48.9 Å². The number of nitrogens with one attached hydrogen (secondary N) is 2. The van der Waals surface area contributed by atoms with Gasteiger partial charge in [-0.15, -0.1) is 0 Å². The largest absolute Gasteiger partial charge is 0.354 e. The van der Waals surface area contributed by atoms with Gasteiger partial charge in [0.1, 0.15) is 11.9 Å². The van der Waals surface area contributed by atoms with Crippen LogP contribution in [-0.2, 0) is 11.2 Å². The van der Waals surface area contributed by atoms with Gasteiger partial charge in [-0.25, -0.2) is 4.98 Å². The molecule has 1 aliphatic rings. The van der Waals surface area contributed by atoms with Crippen molar-refractivity contribution in [1.29, 1.82) is 5.26 Å². The summed E-state index contributed by atoms with van der Waals surface area (Å²) in [4.78, 5) is 22.4. The van der Waals surface area contributed by atoms with Crippen molar-refractivity contribution in [3.63, 3.8) is 0 Å². The van der Waals surface area contributed by atoms with E-state index < -0.39 is 6.04 Å². The highest BCUT2D eigenvalue weighted by Crippen LogP contribution is 2.19. The molecule has 2 aromatic carbocycles. The zero-order valence-corrected chi connectivity index (χ0v) is 19.4. The van der Waals surface area contributed by atoms with E-state index >= 15 is 0 Å². The molecule has 7 nitrogen and oxygen atoms in total. The van der Waals surface area contributed by atoms with Gasteiger partial charge in [0.15, 0.2) is 0 Å². The molecule has 1 fully saturated rings. The normalized spacial score (nSPS) is 14.9. The second kappa shape index (κ2) is 11.4. The zero-order chi connectivity index (χ0) is 23.8. The fraction of sp³-hybridized carbons (Fsp3) is 0.296. The molecular weight excluding hydrogens is 424 g/mol. The van der Waals surface area contributed by atoms with Crippen LogP contribution in [-0.4, -0.2) is 55.6 Å². The van der Waals surface area contributed by atoms with Crippen LogP contribution in [0.5, 0.6) is 0 Å². The first kappa shape index (κ1) is 23.4. The Morgan fingerprint density at radius 1 is 1.03 bits per heavy atom. The summed E-state index contributed by atoms with van der Waals surface area (Å²) in [5.41, 5.74) is 3.34. The lowest BCUT2D eigenvalue weighted by atomic mass is 10.0. The van der Waals surface area contributed by atoms with Gasteiger partial charge in [0.05, 0.1) is 23.5 Å². The van der Waals surface area contributed by atoms with E-state index in [0.29, 0.717) is 17.8 Å². The molecule has 4 rings (SSSR count). The zero-order valence-electron chi connectivity index (χ0n) is 19.4. The van der Waals surface area contributed by atoms with Crippen molar-refractivity contribution < 1.29 is 4.79 Å². The van der Waals surface area contributed by atoms with Crippen molar-refractivity contribution in [3.8, 4) is 6.07 Å². The van der Waals surface area contributed by atoms with Crippen LogP contribution in [0.15, 0.2) is 72.9 Å². The number of likely N-dealkylation sites (N-methyl/N-ethyl adjacent to an activating group) is 1. The Balaban J connectivity index is 1.38. The SMILES string of the molecule is CN1CCN(c2ccc(NC(=O)[C@H](NCCc3ccc(C#N)cc3)c3ccccc3)cn2)CC1. The average Bonchev–Trinajstić information content (AvgIpc) is 2.88. The first-order valence-corrected chi connectivity index (χ1v) is 11.6. The average molecular weight is 455 g/mol. The summed E-state index contributed by atoms with van der Waals surface area (Å²) in [5, 5.41) is 15.4. The molecule has 2 N–H and O–H groups in total. The Morgan fingerprint density at radius 3 is 2.41 bits per heavy atom. The summed E-state index contributed by atoms with van der Waals surface area (Å²) in [6.45, 7) is 4.57. The highest BCUT2D eigenvalue weighted by molar-refractivity contribution is 5.95. The van der Waals surface area contributed by atoms with Gasteiger partial charge in [0.25, 0.3) is 0 Å². The summed E-state index contributed by atoms with van der Waals surface area (Å²) in [6.07, 6.45) is 2.48. The molecule has 0 bridgehead atoms. The predicted octanol–water partition coefficient (Wildman–Crippen LogP) is 3.22. The maximum absolute atomic E-state index is 13.2. The molecule has 0 saturated carbocycles. The monoisotopic (exact) mass is 454 g/mol. The summed E-state index contributed by atoms with van der Waals surface area (Å²) in [7, 11) is 2.13. The van der Waals surface area contributed by atoms with Crippen LogP contribution in [0.3, 0.4) is 0 Å². The number of carbonyl (C=O) groups is 1. The van der Waals surface area contributed by atoms with Crippen LogP contribution in [0.1, 0.15) is 22.7 Å². The van der Waals surface area contributed by atoms with E-state index in [2.05, 4.69) is 38.5 Å². The molecule has 34 heavy (non-hydrogen) atoms. The Bertz CT molecular complexity index is 1100. The highest BCUT2D eigenvalue weighted by Gasteiger charge is 2.21. The van der Waals surface area contributed by atoms with Crippen LogP contribution >= 0.6 is 0 Å². The van der Waals surface area contributed by atoms with Crippen molar-refractivity contribution in [2.45, 2.75) is 12.5 Å². The molecule has 7 heteroatoms. The van der Waals surface area contributed by atoms with Gasteiger partial charge in [-0.1, -0.05) is 42.5 Å². The first-order chi connectivity index (χ1) is 16.6. The lowest BCUT2D eigenvalue weighted by Gasteiger charge is -2.33. The molecule has 174 valence electrons. The first-order valence-electron chi connectivity index (χ1n) is 11.6. The number of carbonyl (C=O) groups excluding carboxylic acids is 1. The molecule has 0 spiro atoms. The van der Waals surface area contributed by atoms with Crippen molar-refractivity contribution in [1.82, 2.24) is 15.2 Å². The second-order valence-corrected chi connectivity index (χ2v) is 8.54. The third-order valence-corrected chi connectivity index (χ3v) is 6.08. The third-order valence-electron chi connectivity index (χ3n) is 6.08. The third kappa shape index (κ3) is 6.19. The van der Waals surface area contributed by atoms with E-state index in [1.165, 1.54) is 0 Å². The second-order valence-electron chi connectivity index (χ2n) is 8.54. The van der Waals surface area contributed by atoms with Crippen LogP contribution in [0.25, 0.3) is 0 Å². The molecule has 1 saturated heterocycles. The van der Waals surface area contributed by atoms with Crippen molar-refractivity contribution in [2.75, 3.05) is 50.0 Å². The lowest BCUT2D eigenvalue weighted by Crippen LogP contribution is -2.44. The number of hydrogen-bond acceptors (Lipinski definition) is 6. The van der Waals surface area contributed by atoms with E-state index in [-0.39, 0.29) is 5.91 Å². The van der Waals surface area contributed by atoms with Gasteiger partial charge in [-0.2, -0.15) is 5.26 Å². The number of piperazine rings is 1. The van der Waals surface area contributed by atoms with Gasteiger partial charge in [-0.3, -0.25) is 4.79 Å². The number of amides is 1. The molecule has 0 radical (unpaired) electrons. The summed E-state index contributed by atoms with van der Waals surface area (Å²) < 4.78 is 0. The molecule has 1 aliphatic heterocycles. The Morgan fingerprint density at radius 2 is 1.76 bits per heavy atom. The van der Waals surface area contributed by atoms with Gasteiger partial charge < -0.3 is 20.4 Å². The maximum atomic E-state index is 13.2. The standard InChI is InChI=1S/C27H30N6O/c1-32-15-17-33(18-16-32)25-12-11-24(20-30-25)31-27(34)26(23-5-3-2-4-6-23)29-14-13-21-7-9-22(19-28)10-8-21/h2-12,20,26,29H,13-18H2,1H3,(H,31,34)/t26-/m1/s1. The number of pyridine rings is 1. The molecule has 2 heterocycles. The summed E-state index contributed by atoms with van der Waals surface area (Å²) in [5.74, 6) is 0.812. The Labute approximate surface area is 201 Å². The molecular formula is C27H30N6O. The lowest BCUT2D eigenvalue weighted by molar-refractivity contribution is -0.118. The molecule has 1 aromatic heterocycles. The van der Waals surface area contributed by atoms with E-state index in [4.69, 9.17) is 5.26 Å². The van der Waals surface area contributed by atoms with Gasteiger partial charge in [0, 0.05) is 32.7 Å². The number of hydrogen-bond donors (Lipinski definition) is 2. The number of anilines is 2. The van der Waals surface area contributed by atoms with Crippen LogP contribution in [0, 0.1) is 11.3 Å². The van der Waals surface area contributed by atoms with Gasteiger partial charge >= 0.3 is 0 Å². The van der Waals surface area contributed by atoms with E-state index in [0.717, 1.165) is 49.5 Å². The fourth-order valence-electron chi connectivity index (χ4n) is 4.01. The van der Waals surface area contributed by atoms with Crippen LogP contribution in [0.2, 0.25) is 0 Å². The molecule has 3 aromatic rings. The van der Waals surface area contributed by atoms with E-state index in [1.54, 1.807) is 6.20 Å². The molecule has 1 atom stereocenters. The van der Waals surface area contributed by atoms with Crippen molar-refractivity contribution in [2.24, 2.45) is 0 Å². The number of rotatable bonds is 8. The number of nitrogens with zero attached hydrogens (tertiary/aromatic N) is 4. The van der Waals surface area contributed by atoms with E-state index in [1.807, 2.05) is 66.7 Å². The smallest absolute Gasteiger partial charge is 0.246 e. The number of nitriles is 1. The minimum Gasteiger partial charge on any atom is -0.354 e. The molecule has 1 amide bonds. The minimum atomic E-state index is -0.489. The Hall–Kier alpha value is -3.73. The predicted molar refractivity (Wildman–Crippen MR) is 135 cm³/mol. The molecule has 0 unspecified atom stereocenters. The van der Waals surface area contributed by atoms with Crippen LogP contribution < -0.4 is 15.5 Å². The fourth-order valence-corrected chi connectivity index (χ4v) is 4.01. The van der Waals surface area contributed by atoms with Gasteiger partial charge in [0.2, 0.25) is 5.91 Å². The topological polar surface area (TPSA) is 84.3 Å². The minimum absolute atomic E-state index is 0.125. The van der Waals surface area contributed by atoms with Crippen LogP contribution in [0.4, 0.5) is 11.5 Å². The quantitative estimate of drug-likeness (QED) is 0.544. The number of benzene rings is 2. The van der Waals surface area contributed by atoms with Crippen molar-refractivity contribution >= 4 is 17.4 Å². The van der Waals surface area contributed by atoms with E-state index in [9.17, 15) is 4.79 Å². The summed E-state index contributed by atoms with van der Waals surface area (Å²) in [6, 6.07) is 22.8. The highest BCUT2D eigenvalue weighted by atomic mass is 16.2. The molecule has 0 aliphatic carbocycles. The van der Waals surface area contributed by atoms with Crippen molar-refractivity contribution in [3.05, 3.63) is 89.6 Å². The Kier molecular flexibility index (Phi) is 7.87.